The minimum atomic E-state index is -2.51. The minimum Gasteiger partial charge on any atom is -0.476 e. The lowest BCUT2D eigenvalue weighted by atomic mass is 10.4. The molecular weight excluding hydrogens is 236 g/mol. The van der Waals surface area contributed by atoms with Crippen LogP contribution in [0.1, 0.15) is 10.5 Å². The van der Waals surface area contributed by atoms with Gasteiger partial charge in [-0.3, -0.25) is 0 Å². The van der Waals surface area contributed by atoms with E-state index in [4.69, 9.17) is 5.11 Å². The average Bonchev–Trinajstić information content (AvgIpc) is 2.28. The first-order chi connectivity index (χ1) is 8.11. The van der Waals surface area contributed by atoms with Gasteiger partial charge in [-0.2, -0.15) is 0 Å². The summed E-state index contributed by atoms with van der Waals surface area (Å²) in [6, 6.07) is 0. The number of aromatic nitrogens is 2. The second-order valence-corrected chi connectivity index (χ2v) is 2.95. The van der Waals surface area contributed by atoms with Gasteiger partial charge in [-0.1, -0.05) is 0 Å². The molecule has 0 aromatic carbocycles. The molecule has 1 heterocycles. The number of hydrogen-bond acceptors (Lipinski definition) is 5. The van der Waals surface area contributed by atoms with Crippen molar-refractivity contribution < 1.29 is 23.4 Å². The van der Waals surface area contributed by atoms with Crippen LogP contribution in [0.3, 0.4) is 0 Å². The Hall–Kier alpha value is -1.83. The third-order valence-electron chi connectivity index (χ3n) is 1.68. The zero-order chi connectivity index (χ0) is 12.7. The molecule has 1 rings (SSSR count). The highest BCUT2D eigenvalue weighted by molar-refractivity contribution is 5.90. The number of carboxylic acids is 1. The lowest BCUT2D eigenvalue weighted by Gasteiger charge is -2.07. The number of nitrogens with zero attached hydrogens (tertiary/aromatic N) is 2. The molecule has 0 atom stereocenters. The molecule has 94 valence electrons. The number of rotatable bonds is 7. The van der Waals surface area contributed by atoms with Crippen molar-refractivity contribution in [1.29, 1.82) is 0 Å². The van der Waals surface area contributed by atoms with Crippen molar-refractivity contribution in [2.45, 2.75) is 6.43 Å². The molecule has 1 aromatic heterocycles. The van der Waals surface area contributed by atoms with Crippen LogP contribution >= 0.6 is 0 Å². The zero-order valence-corrected chi connectivity index (χ0v) is 8.77. The summed E-state index contributed by atoms with van der Waals surface area (Å²) in [7, 11) is 0. The molecule has 17 heavy (non-hydrogen) atoms. The van der Waals surface area contributed by atoms with Gasteiger partial charge in [-0.15, -0.1) is 0 Å². The van der Waals surface area contributed by atoms with Crippen LogP contribution in [0.2, 0.25) is 0 Å². The maximum atomic E-state index is 11.7. The van der Waals surface area contributed by atoms with E-state index in [0.717, 1.165) is 0 Å². The van der Waals surface area contributed by atoms with Gasteiger partial charge in [0.05, 0.1) is 6.61 Å². The Morgan fingerprint density at radius 2 is 2.18 bits per heavy atom. The van der Waals surface area contributed by atoms with Crippen molar-refractivity contribution in [3.05, 3.63) is 18.1 Å². The summed E-state index contributed by atoms with van der Waals surface area (Å²) < 4.78 is 28.0. The summed E-state index contributed by atoms with van der Waals surface area (Å²) in [4.78, 5) is 18.1. The first kappa shape index (κ1) is 13.2. The van der Waals surface area contributed by atoms with Crippen LogP contribution in [0.4, 0.5) is 14.6 Å². The standard InChI is InChI=1S/C9H11F2N3O3/c10-6(11)5-17-4-3-14-8-7(9(15)16)12-1-2-13-8/h1-2,6H,3-5H2,(H,13,14)(H,15,16). The van der Waals surface area contributed by atoms with Crippen LogP contribution in [0.25, 0.3) is 0 Å². The Bertz CT molecular complexity index is 376. The first-order valence-corrected chi connectivity index (χ1v) is 4.75. The van der Waals surface area contributed by atoms with Crippen LogP contribution in [0, 0.1) is 0 Å². The van der Waals surface area contributed by atoms with E-state index in [1.807, 2.05) is 0 Å². The highest BCUT2D eigenvalue weighted by Gasteiger charge is 2.11. The van der Waals surface area contributed by atoms with E-state index in [1.165, 1.54) is 12.4 Å². The molecular formula is C9H11F2N3O3. The van der Waals surface area contributed by atoms with Gasteiger partial charge < -0.3 is 15.2 Å². The number of hydrogen-bond donors (Lipinski definition) is 2. The molecule has 0 bridgehead atoms. The number of aromatic carboxylic acids is 1. The summed E-state index contributed by atoms with van der Waals surface area (Å²) in [6.07, 6.45) is 0.0672. The number of alkyl halides is 2. The monoisotopic (exact) mass is 247 g/mol. The maximum Gasteiger partial charge on any atom is 0.358 e. The molecule has 0 aliphatic heterocycles. The second kappa shape index (κ2) is 6.69. The van der Waals surface area contributed by atoms with E-state index >= 15 is 0 Å². The largest absolute Gasteiger partial charge is 0.476 e. The van der Waals surface area contributed by atoms with Crippen LogP contribution in [0.5, 0.6) is 0 Å². The van der Waals surface area contributed by atoms with Crippen LogP contribution in [-0.4, -0.2) is 47.2 Å². The summed E-state index contributed by atoms with van der Waals surface area (Å²) in [6.45, 7) is -0.445. The third kappa shape index (κ3) is 4.68. The summed E-state index contributed by atoms with van der Waals surface area (Å²) in [5, 5.41) is 11.4. The van der Waals surface area contributed by atoms with Crippen molar-refractivity contribution in [3.8, 4) is 0 Å². The van der Waals surface area contributed by atoms with E-state index in [9.17, 15) is 13.6 Å². The molecule has 6 nitrogen and oxygen atoms in total. The number of ether oxygens (including phenoxy) is 1. The topological polar surface area (TPSA) is 84.3 Å². The Morgan fingerprint density at radius 1 is 1.47 bits per heavy atom. The quantitative estimate of drug-likeness (QED) is 0.695. The molecule has 0 spiro atoms. The molecule has 0 radical (unpaired) electrons. The van der Waals surface area contributed by atoms with Gasteiger partial charge in [0, 0.05) is 18.9 Å². The fourth-order valence-corrected chi connectivity index (χ4v) is 1.04. The predicted molar refractivity (Wildman–Crippen MR) is 54.3 cm³/mol. The fraction of sp³-hybridized carbons (Fsp3) is 0.444. The van der Waals surface area contributed by atoms with Crippen LogP contribution < -0.4 is 5.32 Å². The number of halogens is 2. The van der Waals surface area contributed by atoms with Gasteiger partial charge in [0.15, 0.2) is 11.5 Å². The van der Waals surface area contributed by atoms with E-state index in [-0.39, 0.29) is 24.7 Å². The molecule has 0 fully saturated rings. The van der Waals surface area contributed by atoms with Gasteiger partial charge in [0.1, 0.15) is 6.61 Å². The van der Waals surface area contributed by atoms with E-state index in [1.54, 1.807) is 0 Å². The Balaban J connectivity index is 2.39. The molecule has 0 amide bonds. The molecule has 0 unspecified atom stereocenters. The number of carbonyl (C=O) groups is 1. The maximum absolute atomic E-state index is 11.7. The third-order valence-corrected chi connectivity index (χ3v) is 1.68. The van der Waals surface area contributed by atoms with E-state index in [2.05, 4.69) is 20.0 Å². The van der Waals surface area contributed by atoms with Crippen LogP contribution in [0.15, 0.2) is 12.4 Å². The summed E-state index contributed by atoms with van der Waals surface area (Å²) >= 11 is 0. The molecule has 0 aliphatic rings. The van der Waals surface area contributed by atoms with Crippen molar-refractivity contribution >= 4 is 11.8 Å². The van der Waals surface area contributed by atoms with Crippen molar-refractivity contribution in [2.75, 3.05) is 25.1 Å². The smallest absolute Gasteiger partial charge is 0.358 e. The van der Waals surface area contributed by atoms with Gasteiger partial charge in [0.25, 0.3) is 6.43 Å². The highest BCUT2D eigenvalue weighted by atomic mass is 19.3. The normalized spacial score (nSPS) is 10.5. The molecule has 0 saturated heterocycles. The van der Waals surface area contributed by atoms with E-state index in [0.29, 0.717) is 0 Å². The Labute approximate surface area is 95.6 Å². The highest BCUT2D eigenvalue weighted by Crippen LogP contribution is 2.07. The van der Waals surface area contributed by atoms with Gasteiger partial charge >= 0.3 is 5.97 Å². The van der Waals surface area contributed by atoms with Crippen molar-refractivity contribution in [2.24, 2.45) is 0 Å². The first-order valence-electron chi connectivity index (χ1n) is 4.75. The fourth-order valence-electron chi connectivity index (χ4n) is 1.04. The molecule has 8 heteroatoms. The minimum absolute atomic E-state index is 0.0278. The SMILES string of the molecule is O=C(O)c1nccnc1NCCOCC(F)F. The second-order valence-electron chi connectivity index (χ2n) is 2.95. The molecule has 1 aromatic rings. The van der Waals surface area contributed by atoms with Gasteiger partial charge in [-0.25, -0.2) is 23.5 Å². The summed E-state index contributed by atoms with van der Waals surface area (Å²) in [5.74, 6) is -1.13. The molecule has 0 saturated carbocycles. The molecule has 2 N–H and O–H groups in total. The van der Waals surface area contributed by atoms with Crippen molar-refractivity contribution in [1.82, 2.24) is 9.97 Å². The number of nitrogens with one attached hydrogen (secondary N) is 1. The van der Waals surface area contributed by atoms with Gasteiger partial charge in [0.2, 0.25) is 0 Å². The predicted octanol–water partition coefficient (Wildman–Crippen LogP) is 0.868. The molecule has 0 aliphatic carbocycles. The lowest BCUT2D eigenvalue weighted by Crippen LogP contribution is -2.16. The van der Waals surface area contributed by atoms with Crippen molar-refractivity contribution in [3.63, 3.8) is 0 Å². The van der Waals surface area contributed by atoms with Gasteiger partial charge in [-0.05, 0) is 0 Å². The Kier molecular flexibility index (Phi) is 5.21. The Morgan fingerprint density at radius 3 is 2.82 bits per heavy atom. The number of anilines is 1. The van der Waals surface area contributed by atoms with E-state index < -0.39 is 19.0 Å². The lowest BCUT2D eigenvalue weighted by molar-refractivity contribution is 0.0214. The van der Waals surface area contributed by atoms with Crippen LogP contribution in [-0.2, 0) is 4.74 Å². The zero-order valence-electron chi connectivity index (χ0n) is 8.77. The summed E-state index contributed by atoms with van der Waals surface area (Å²) in [5.41, 5.74) is -0.221. The number of carboxylic acid groups (broad SMARTS) is 1. The average molecular weight is 247 g/mol.